The Morgan fingerprint density at radius 3 is 3.00 bits per heavy atom. The van der Waals surface area contributed by atoms with Crippen molar-refractivity contribution in [3.63, 3.8) is 0 Å². The second-order valence-corrected chi connectivity index (χ2v) is 5.57. The third kappa shape index (κ3) is 3.28. The summed E-state index contributed by atoms with van der Waals surface area (Å²) in [5.41, 5.74) is 4.13. The number of aliphatic hydroxyl groups is 1. The van der Waals surface area contributed by atoms with E-state index in [9.17, 15) is 9.90 Å². The lowest BCUT2D eigenvalue weighted by Gasteiger charge is -2.23. The average Bonchev–Trinajstić information content (AvgIpc) is 3.01. The van der Waals surface area contributed by atoms with Crippen LogP contribution in [0.1, 0.15) is 28.8 Å². The molecule has 1 aromatic heterocycles. The molecule has 0 fully saturated rings. The highest BCUT2D eigenvalue weighted by atomic mass is 16.3. The summed E-state index contributed by atoms with van der Waals surface area (Å²) < 4.78 is 0. The summed E-state index contributed by atoms with van der Waals surface area (Å²) in [6.07, 6.45) is 4.47. The van der Waals surface area contributed by atoms with E-state index in [1.54, 1.807) is 0 Å². The van der Waals surface area contributed by atoms with E-state index in [2.05, 4.69) is 20.8 Å². The molecule has 2 aromatic rings. The molecule has 0 bridgehead atoms. The van der Waals surface area contributed by atoms with Crippen molar-refractivity contribution >= 4 is 6.03 Å². The van der Waals surface area contributed by atoms with Crippen LogP contribution in [0.25, 0.3) is 0 Å². The van der Waals surface area contributed by atoms with E-state index < -0.39 is 0 Å². The second-order valence-electron chi connectivity index (χ2n) is 5.57. The van der Waals surface area contributed by atoms with Gasteiger partial charge in [0.2, 0.25) is 0 Å². The molecule has 116 valence electrons. The number of urea groups is 1. The standard InChI is InChI=1S/C16H20N4O2/c21-10-12-4-2-1-3-11(12)8-17-16(22)19-14-5-6-15-13(7-14)9-18-20-15/h1-4,9,14,21H,5-8,10H2,(H,18,20)(H2,17,19,22). The summed E-state index contributed by atoms with van der Waals surface area (Å²) in [6.45, 7) is 0.387. The van der Waals surface area contributed by atoms with Gasteiger partial charge in [-0.25, -0.2) is 4.79 Å². The number of amides is 2. The maximum Gasteiger partial charge on any atom is 0.315 e. The van der Waals surface area contributed by atoms with Crippen LogP contribution in [0.2, 0.25) is 0 Å². The molecule has 0 aliphatic heterocycles. The molecule has 6 heteroatoms. The summed E-state index contributed by atoms with van der Waals surface area (Å²) in [7, 11) is 0. The largest absolute Gasteiger partial charge is 0.392 e. The number of hydrogen-bond donors (Lipinski definition) is 4. The number of nitrogens with zero attached hydrogens (tertiary/aromatic N) is 1. The molecule has 1 aliphatic rings. The van der Waals surface area contributed by atoms with Crippen LogP contribution in [0, 0.1) is 0 Å². The smallest absolute Gasteiger partial charge is 0.315 e. The molecule has 1 heterocycles. The Balaban J connectivity index is 1.51. The number of aromatic amines is 1. The van der Waals surface area contributed by atoms with E-state index in [4.69, 9.17) is 0 Å². The van der Waals surface area contributed by atoms with Gasteiger partial charge < -0.3 is 15.7 Å². The zero-order valence-corrected chi connectivity index (χ0v) is 12.3. The Morgan fingerprint density at radius 2 is 2.18 bits per heavy atom. The molecule has 1 atom stereocenters. The molecule has 4 N–H and O–H groups in total. The van der Waals surface area contributed by atoms with Crippen molar-refractivity contribution in [3.8, 4) is 0 Å². The summed E-state index contributed by atoms with van der Waals surface area (Å²) >= 11 is 0. The number of benzene rings is 1. The highest BCUT2D eigenvalue weighted by Gasteiger charge is 2.21. The number of H-pyrrole nitrogens is 1. The number of aryl methyl sites for hydroxylation is 1. The molecule has 1 aromatic carbocycles. The first-order chi connectivity index (χ1) is 10.8. The normalized spacial score (nSPS) is 16.9. The van der Waals surface area contributed by atoms with Crippen molar-refractivity contribution in [3.05, 3.63) is 52.8 Å². The third-order valence-electron chi connectivity index (χ3n) is 4.08. The first-order valence-electron chi connectivity index (χ1n) is 7.49. The monoisotopic (exact) mass is 300 g/mol. The van der Waals surface area contributed by atoms with E-state index in [0.717, 1.165) is 30.4 Å². The van der Waals surface area contributed by atoms with Gasteiger partial charge in [-0.3, -0.25) is 5.10 Å². The minimum absolute atomic E-state index is 0.0225. The first-order valence-corrected chi connectivity index (χ1v) is 7.49. The van der Waals surface area contributed by atoms with Gasteiger partial charge in [0.25, 0.3) is 0 Å². The Hall–Kier alpha value is -2.34. The molecule has 6 nitrogen and oxygen atoms in total. The fraction of sp³-hybridized carbons (Fsp3) is 0.375. The maximum absolute atomic E-state index is 12.0. The van der Waals surface area contributed by atoms with Gasteiger partial charge in [-0.1, -0.05) is 24.3 Å². The molecule has 2 amide bonds. The SMILES string of the molecule is O=C(NCc1ccccc1CO)NC1CCc2[nH]ncc2C1. The number of carbonyl (C=O) groups is 1. The minimum atomic E-state index is -0.176. The average molecular weight is 300 g/mol. The lowest BCUT2D eigenvalue weighted by Crippen LogP contribution is -2.44. The molecule has 0 spiro atoms. The fourth-order valence-electron chi connectivity index (χ4n) is 2.84. The Morgan fingerprint density at radius 1 is 1.36 bits per heavy atom. The molecular weight excluding hydrogens is 280 g/mol. The van der Waals surface area contributed by atoms with Gasteiger partial charge in [0.15, 0.2) is 0 Å². The predicted octanol–water partition coefficient (Wildman–Crippen LogP) is 1.26. The molecular formula is C16H20N4O2. The van der Waals surface area contributed by atoms with Gasteiger partial charge in [-0.05, 0) is 36.0 Å². The summed E-state index contributed by atoms with van der Waals surface area (Å²) in [5, 5.41) is 22.2. The number of aromatic nitrogens is 2. The summed E-state index contributed by atoms with van der Waals surface area (Å²) in [5.74, 6) is 0. The Bertz CT molecular complexity index is 653. The van der Waals surface area contributed by atoms with Gasteiger partial charge in [0.1, 0.15) is 0 Å². The van der Waals surface area contributed by atoms with Gasteiger partial charge in [-0.2, -0.15) is 5.10 Å². The fourth-order valence-corrected chi connectivity index (χ4v) is 2.84. The summed E-state index contributed by atoms with van der Waals surface area (Å²) in [6, 6.07) is 7.50. The lowest BCUT2D eigenvalue weighted by molar-refractivity contribution is 0.235. The van der Waals surface area contributed by atoms with Gasteiger partial charge >= 0.3 is 6.03 Å². The van der Waals surface area contributed by atoms with Gasteiger partial charge in [-0.15, -0.1) is 0 Å². The molecule has 0 saturated heterocycles. The van der Waals surface area contributed by atoms with E-state index in [1.165, 1.54) is 11.3 Å². The lowest BCUT2D eigenvalue weighted by atomic mass is 9.94. The van der Waals surface area contributed by atoms with Gasteiger partial charge in [0.05, 0.1) is 12.8 Å². The first kappa shape index (κ1) is 14.6. The zero-order chi connectivity index (χ0) is 15.4. The molecule has 0 radical (unpaired) electrons. The molecule has 22 heavy (non-hydrogen) atoms. The number of rotatable bonds is 4. The maximum atomic E-state index is 12.0. The number of carbonyl (C=O) groups excluding carboxylic acids is 1. The van der Waals surface area contributed by atoms with Crippen LogP contribution in [0.15, 0.2) is 30.5 Å². The van der Waals surface area contributed by atoms with Crippen LogP contribution in [0.4, 0.5) is 4.79 Å². The molecule has 3 rings (SSSR count). The van der Waals surface area contributed by atoms with Crippen molar-refractivity contribution in [2.75, 3.05) is 0 Å². The number of hydrogen-bond acceptors (Lipinski definition) is 3. The molecule has 1 unspecified atom stereocenters. The number of nitrogens with one attached hydrogen (secondary N) is 3. The van der Waals surface area contributed by atoms with E-state index in [-0.39, 0.29) is 18.7 Å². The highest BCUT2D eigenvalue weighted by Crippen LogP contribution is 2.18. The second kappa shape index (κ2) is 6.62. The molecule has 1 aliphatic carbocycles. The summed E-state index contributed by atoms with van der Waals surface area (Å²) in [4.78, 5) is 12.0. The zero-order valence-electron chi connectivity index (χ0n) is 12.3. The van der Waals surface area contributed by atoms with Crippen LogP contribution in [0.3, 0.4) is 0 Å². The van der Waals surface area contributed by atoms with Crippen LogP contribution in [-0.2, 0) is 26.0 Å². The Labute approximate surface area is 128 Å². The van der Waals surface area contributed by atoms with Crippen LogP contribution in [-0.4, -0.2) is 27.4 Å². The van der Waals surface area contributed by atoms with E-state index in [1.807, 2.05) is 30.5 Å². The van der Waals surface area contributed by atoms with Crippen molar-refractivity contribution in [1.82, 2.24) is 20.8 Å². The van der Waals surface area contributed by atoms with Crippen molar-refractivity contribution in [2.45, 2.75) is 38.5 Å². The quantitative estimate of drug-likeness (QED) is 0.685. The van der Waals surface area contributed by atoms with Crippen molar-refractivity contribution in [2.24, 2.45) is 0 Å². The van der Waals surface area contributed by atoms with Crippen molar-refractivity contribution in [1.29, 1.82) is 0 Å². The Kier molecular flexibility index (Phi) is 4.39. The third-order valence-corrected chi connectivity index (χ3v) is 4.08. The van der Waals surface area contributed by atoms with E-state index in [0.29, 0.717) is 6.54 Å². The van der Waals surface area contributed by atoms with Crippen LogP contribution < -0.4 is 10.6 Å². The predicted molar refractivity (Wildman–Crippen MR) is 82.1 cm³/mol. The number of aliphatic hydroxyl groups excluding tert-OH is 1. The van der Waals surface area contributed by atoms with Gasteiger partial charge in [0, 0.05) is 18.3 Å². The number of fused-ring (bicyclic) bond motifs is 1. The minimum Gasteiger partial charge on any atom is -0.392 e. The van der Waals surface area contributed by atoms with Crippen molar-refractivity contribution < 1.29 is 9.90 Å². The van der Waals surface area contributed by atoms with Crippen LogP contribution in [0.5, 0.6) is 0 Å². The topological polar surface area (TPSA) is 90.0 Å². The highest BCUT2D eigenvalue weighted by molar-refractivity contribution is 5.74. The van der Waals surface area contributed by atoms with Crippen LogP contribution >= 0.6 is 0 Å². The molecule has 0 saturated carbocycles. The van der Waals surface area contributed by atoms with E-state index >= 15 is 0 Å².